The monoisotopic (exact) mass is 282 g/mol. The first-order valence-corrected chi connectivity index (χ1v) is 6.83. The van der Waals surface area contributed by atoms with E-state index in [0.29, 0.717) is 0 Å². The first kappa shape index (κ1) is 13.6. The number of nitrogens with zero attached hydrogens (tertiary/aromatic N) is 3. The van der Waals surface area contributed by atoms with E-state index in [1.54, 1.807) is 13.3 Å². The van der Waals surface area contributed by atoms with Gasteiger partial charge in [-0.2, -0.15) is 5.10 Å². The highest BCUT2D eigenvalue weighted by Crippen LogP contribution is 2.32. The van der Waals surface area contributed by atoms with E-state index < -0.39 is 0 Å². The van der Waals surface area contributed by atoms with Crippen molar-refractivity contribution in [2.75, 3.05) is 14.2 Å². The summed E-state index contributed by atoms with van der Waals surface area (Å²) in [5.74, 6) is 0.768. The van der Waals surface area contributed by atoms with Crippen molar-refractivity contribution in [2.24, 2.45) is 7.05 Å². The number of aromatic nitrogens is 3. The summed E-state index contributed by atoms with van der Waals surface area (Å²) in [4.78, 5) is 4.53. The number of aryl methyl sites for hydroxylation is 1. The summed E-state index contributed by atoms with van der Waals surface area (Å²) in [5, 5.41) is 8.76. The van der Waals surface area contributed by atoms with Gasteiger partial charge in [-0.15, -0.1) is 0 Å². The zero-order valence-electron chi connectivity index (χ0n) is 12.4. The molecule has 3 aromatic rings. The predicted molar refractivity (Wildman–Crippen MR) is 82.4 cm³/mol. The lowest BCUT2D eigenvalue weighted by Crippen LogP contribution is -2.21. The Morgan fingerprint density at radius 3 is 2.81 bits per heavy atom. The van der Waals surface area contributed by atoms with E-state index in [2.05, 4.69) is 33.6 Å². The molecule has 0 aliphatic heterocycles. The first-order valence-electron chi connectivity index (χ1n) is 6.83. The zero-order valence-corrected chi connectivity index (χ0v) is 12.4. The normalized spacial score (nSPS) is 12.5. The van der Waals surface area contributed by atoms with Gasteiger partial charge < -0.3 is 10.1 Å². The van der Waals surface area contributed by atoms with Gasteiger partial charge in [0.05, 0.1) is 24.9 Å². The van der Waals surface area contributed by atoms with Crippen LogP contribution < -0.4 is 10.1 Å². The van der Waals surface area contributed by atoms with Crippen LogP contribution in [0.5, 0.6) is 5.75 Å². The highest BCUT2D eigenvalue weighted by Gasteiger charge is 2.23. The van der Waals surface area contributed by atoms with E-state index in [-0.39, 0.29) is 6.04 Å². The number of benzene rings is 1. The van der Waals surface area contributed by atoms with Crippen LogP contribution in [-0.2, 0) is 7.05 Å². The summed E-state index contributed by atoms with van der Waals surface area (Å²) >= 11 is 0. The lowest BCUT2D eigenvalue weighted by Gasteiger charge is -2.19. The number of methoxy groups -OCH3 is 1. The van der Waals surface area contributed by atoms with Crippen molar-refractivity contribution >= 4 is 10.9 Å². The molecule has 0 bridgehead atoms. The Morgan fingerprint density at radius 2 is 2.05 bits per heavy atom. The highest BCUT2D eigenvalue weighted by molar-refractivity contribution is 5.82. The minimum Gasteiger partial charge on any atom is -0.493 e. The van der Waals surface area contributed by atoms with Gasteiger partial charge in [-0.1, -0.05) is 24.3 Å². The molecule has 0 aliphatic rings. The Kier molecular flexibility index (Phi) is 3.58. The highest BCUT2D eigenvalue weighted by atomic mass is 16.5. The van der Waals surface area contributed by atoms with Crippen LogP contribution >= 0.6 is 0 Å². The molecule has 108 valence electrons. The molecule has 5 nitrogen and oxygen atoms in total. The fraction of sp³-hybridized carbons (Fsp3) is 0.250. The first-order chi connectivity index (χ1) is 10.3. The van der Waals surface area contributed by atoms with E-state index in [0.717, 1.165) is 27.9 Å². The number of nitrogens with one attached hydrogen (secondary N) is 1. The molecule has 0 amide bonds. The van der Waals surface area contributed by atoms with Gasteiger partial charge >= 0.3 is 0 Å². The quantitative estimate of drug-likeness (QED) is 0.797. The van der Waals surface area contributed by atoms with E-state index in [9.17, 15) is 0 Å². The van der Waals surface area contributed by atoms with E-state index in [4.69, 9.17) is 4.74 Å². The molecule has 0 saturated heterocycles. The van der Waals surface area contributed by atoms with Crippen molar-refractivity contribution in [1.29, 1.82) is 0 Å². The Balaban J connectivity index is 2.21. The molecule has 0 saturated carbocycles. The average molecular weight is 282 g/mol. The van der Waals surface area contributed by atoms with Crippen LogP contribution in [0.15, 0.2) is 42.7 Å². The average Bonchev–Trinajstić information content (AvgIpc) is 2.90. The fourth-order valence-corrected chi connectivity index (χ4v) is 2.71. The summed E-state index contributed by atoms with van der Waals surface area (Å²) in [6.07, 6.45) is 3.55. The van der Waals surface area contributed by atoms with Crippen molar-refractivity contribution in [3.8, 4) is 5.75 Å². The largest absolute Gasteiger partial charge is 0.493 e. The third-order valence-corrected chi connectivity index (χ3v) is 3.71. The molecule has 0 radical (unpaired) electrons. The molecular weight excluding hydrogens is 264 g/mol. The molecule has 21 heavy (non-hydrogen) atoms. The van der Waals surface area contributed by atoms with E-state index >= 15 is 0 Å². The lowest BCUT2D eigenvalue weighted by atomic mass is 10.00. The zero-order chi connectivity index (χ0) is 14.8. The Labute approximate surface area is 123 Å². The summed E-state index contributed by atoms with van der Waals surface area (Å²) in [6, 6.07) is 10.2. The van der Waals surface area contributed by atoms with Gasteiger partial charge in [0, 0.05) is 24.2 Å². The summed E-state index contributed by atoms with van der Waals surface area (Å²) < 4.78 is 7.27. The van der Waals surface area contributed by atoms with Crippen molar-refractivity contribution in [3.63, 3.8) is 0 Å². The van der Waals surface area contributed by atoms with Gasteiger partial charge in [0.25, 0.3) is 0 Å². The summed E-state index contributed by atoms with van der Waals surface area (Å²) in [5.41, 5.74) is 3.08. The van der Waals surface area contributed by atoms with Crippen LogP contribution in [0.3, 0.4) is 0 Å². The maximum absolute atomic E-state index is 5.44. The maximum Gasteiger partial charge on any atom is 0.161 e. The third-order valence-electron chi connectivity index (χ3n) is 3.71. The van der Waals surface area contributed by atoms with Crippen LogP contribution in [0.2, 0.25) is 0 Å². The third kappa shape index (κ3) is 2.25. The SMILES string of the molecule is CNC(c1cccc2cccnc12)c1c(OC)cnn1C. The Bertz CT molecular complexity index is 761. The molecule has 1 aromatic carbocycles. The Hall–Kier alpha value is -2.40. The number of ether oxygens (including phenoxy) is 1. The molecule has 0 spiro atoms. The second kappa shape index (κ2) is 5.54. The van der Waals surface area contributed by atoms with Gasteiger partial charge in [0.1, 0.15) is 5.69 Å². The molecule has 3 rings (SSSR count). The molecule has 2 aromatic heterocycles. The molecular formula is C16H18N4O. The van der Waals surface area contributed by atoms with Gasteiger partial charge in [-0.3, -0.25) is 9.67 Å². The second-order valence-corrected chi connectivity index (χ2v) is 4.87. The van der Waals surface area contributed by atoms with Gasteiger partial charge in [-0.05, 0) is 13.1 Å². The van der Waals surface area contributed by atoms with Crippen molar-refractivity contribution in [1.82, 2.24) is 20.1 Å². The van der Waals surface area contributed by atoms with Gasteiger partial charge in [0.15, 0.2) is 5.75 Å². The number of hydrogen-bond donors (Lipinski definition) is 1. The van der Waals surface area contributed by atoms with E-state index in [1.807, 2.05) is 37.1 Å². The topological polar surface area (TPSA) is 52.0 Å². The Morgan fingerprint density at radius 1 is 1.24 bits per heavy atom. The number of hydrogen-bond acceptors (Lipinski definition) is 4. The molecule has 0 aliphatic carbocycles. The van der Waals surface area contributed by atoms with Gasteiger partial charge in [0.2, 0.25) is 0 Å². The van der Waals surface area contributed by atoms with Crippen LogP contribution in [0, 0.1) is 0 Å². The number of pyridine rings is 1. The van der Waals surface area contributed by atoms with Crippen LogP contribution in [0.1, 0.15) is 17.3 Å². The molecule has 1 unspecified atom stereocenters. The maximum atomic E-state index is 5.44. The minimum absolute atomic E-state index is 0.0361. The standard InChI is InChI=1S/C16H18N4O/c1-17-15(16-13(21-3)10-19-20(16)2)12-8-4-6-11-7-5-9-18-14(11)12/h4-10,15,17H,1-3H3. The number of fused-ring (bicyclic) bond motifs is 1. The molecule has 5 heteroatoms. The minimum atomic E-state index is -0.0361. The molecule has 1 atom stereocenters. The second-order valence-electron chi connectivity index (χ2n) is 4.87. The number of rotatable bonds is 4. The molecule has 0 fully saturated rings. The summed E-state index contributed by atoms with van der Waals surface area (Å²) in [6.45, 7) is 0. The van der Waals surface area contributed by atoms with Crippen LogP contribution in [0.25, 0.3) is 10.9 Å². The van der Waals surface area contributed by atoms with Crippen molar-refractivity contribution < 1.29 is 4.74 Å². The number of para-hydroxylation sites is 1. The fourth-order valence-electron chi connectivity index (χ4n) is 2.71. The van der Waals surface area contributed by atoms with Crippen molar-refractivity contribution in [3.05, 3.63) is 54.0 Å². The van der Waals surface area contributed by atoms with Gasteiger partial charge in [-0.25, -0.2) is 0 Å². The predicted octanol–water partition coefficient (Wildman–Crippen LogP) is 2.29. The molecule has 2 heterocycles. The van der Waals surface area contributed by atoms with Crippen LogP contribution in [0.4, 0.5) is 0 Å². The van der Waals surface area contributed by atoms with E-state index in [1.165, 1.54) is 0 Å². The molecule has 1 N–H and O–H groups in total. The van der Waals surface area contributed by atoms with Crippen molar-refractivity contribution in [2.45, 2.75) is 6.04 Å². The van der Waals surface area contributed by atoms with Crippen LogP contribution in [-0.4, -0.2) is 28.9 Å². The lowest BCUT2D eigenvalue weighted by molar-refractivity contribution is 0.403. The smallest absolute Gasteiger partial charge is 0.161 e. The summed E-state index contributed by atoms with van der Waals surface area (Å²) in [7, 11) is 5.51.